The first-order valence-corrected chi connectivity index (χ1v) is 17.6. The predicted octanol–water partition coefficient (Wildman–Crippen LogP) is 6.24. The summed E-state index contributed by atoms with van der Waals surface area (Å²) in [5.41, 5.74) is 0. The second-order valence-corrected chi connectivity index (χ2v) is 18.4. The molecule has 8 nitrogen and oxygen atoms in total. The lowest BCUT2D eigenvalue weighted by Crippen LogP contribution is -2.42. The van der Waals surface area contributed by atoms with Gasteiger partial charge < -0.3 is 27.8 Å². The third-order valence-electron chi connectivity index (χ3n) is 5.33. The molecule has 31 heavy (non-hydrogen) atoms. The van der Waals surface area contributed by atoms with Crippen LogP contribution in [-0.4, -0.2) is 59.8 Å². The quantitative estimate of drug-likeness (QED) is 0.134. The van der Waals surface area contributed by atoms with Crippen molar-refractivity contribution in [2.45, 2.75) is 84.8 Å². The Labute approximate surface area is 191 Å². The van der Waals surface area contributed by atoms with Crippen molar-refractivity contribution in [2.24, 2.45) is 0 Å². The van der Waals surface area contributed by atoms with Crippen LogP contribution in [0.2, 0.25) is 18.1 Å². The molecular formula is C20H47NO7P2Si. The van der Waals surface area contributed by atoms with Gasteiger partial charge in [0.25, 0.3) is 0 Å². The van der Waals surface area contributed by atoms with E-state index in [1.54, 1.807) is 27.7 Å². The highest BCUT2D eigenvalue weighted by Crippen LogP contribution is 2.71. The molecule has 0 amide bonds. The zero-order valence-electron chi connectivity index (χ0n) is 21.2. The molecule has 0 saturated carbocycles. The standard InChI is InChI=1S/C20H47NO7P2Si/c1-10-24-29(22,25-11-2)19(30(23,26-12-3)27-13-4)15-14-16-21-17-18-28-31(8,9)20(5,6)7/h19,21H,10-18H2,1-9H3. The third kappa shape index (κ3) is 10.5. The summed E-state index contributed by atoms with van der Waals surface area (Å²) in [6.45, 7) is 20.8. The predicted molar refractivity (Wildman–Crippen MR) is 131 cm³/mol. The van der Waals surface area contributed by atoms with Crippen LogP contribution >= 0.6 is 15.2 Å². The van der Waals surface area contributed by atoms with E-state index in [9.17, 15) is 9.13 Å². The van der Waals surface area contributed by atoms with Crippen molar-refractivity contribution in [3.05, 3.63) is 0 Å². The summed E-state index contributed by atoms with van der Waals surface area (Å²) in [5.74, 6) is 0. The number of nitrogens with one attached hydrogen (secondary N) is 1. The first-order valence-electron chi connectivity index (χ1n) is 11.5. The van der Waals surface area contributed by atoms with Gasteiger partial charge in [-0.25, -0.2) is 0 Å². The van der Waals surface area contributed by atoms with Gasteiger partial charge in [-0.05, 0) is 65.2 Å². The minimum Gasteiger partial charge on any atom is -0.416 e. The van der Waals surface area contributed by atoms with E-state index in [1.807, 2.05) is 0 Å². The highest BCUT2D eigenvalue weighted by molar-refractivity contribution is 7.72. The SMILES string of the molecule is CCOP(=O)(OCC)C(CCCNCCO[Si](C)(C)C(C)(C)C)P(=O)(OCC)OCC. The van der Waals surface area contributed by atoms with Gasteiger partial charge in [-0.3, -0.25) is 9.13 Å². The first kappa shape index (κ1) is 31.4. The molecule has 0 unspecified atom stereocenters. The summed E-state index contributed by atoms with van der Waals surface area (Å²) in [6, 6.07) is 0. The summed E-state index contributed by atoms with van der Waals surface area (Å²) in [6.07, 6.45) is 0.962. The highest BCUT2D eigenvalue weighted by atomic mass is 31.2. The Morgan fingerprint density at radius 2 is 1.23 bits per heavy atom. The van der Waals surface area contributed by atoms with Crippen molar-refractivity contribution in [1.29, 1.82) is 0 Å². The van der Waals surface area contributed by atoms with Gasteiger partial charge >= 0.3 is 15.2 Å². The third-order valence-corrected chi connectivity index (χ3v) is 16.0. The minimum atomic E-state index is -3.67. The van der Waals surface area contributed by atoms with E-state index >= 15 is 0 Å². The fourth-order valence-corrected chi connectivity index (χ4v) is 9.26. The Balaban J connectivity index is 5.01. The van der Waals surface area contributed by atoms with E-state index in [4.69, 9.17) is 22.5 Å². The van der Waals surface area contributed by atoms with E-state index in [1.165, 1.54) is 0 Å². The second kappa shape index (κ2) is 14.6. The van der Waals surface area contributed by atoms with Crippen molar-refractivity contribution in [2.75, 3.05) is 46.1 Å². The fraction of sp³-hybridized carbons (Fsp3) is 1.00. The molecule has 0 aliphatic carbocycles. The van der Waals surface area contributed by atoms with Gasteiger partial charge in [-0.2, -0.15) is 0 Å². The van der Waals surface area contributed by atoms with Crippen LogP contribution in [0.3, 0.4) is 0 Å². The fourth-order valence-electron chi connectivity index (χ4n) is 2.76. The Bertz CT molecular complexity index is 534. The summed E-state index contributed by atoms with van der Waals surface area (Å²) >= 11 is 0. The lowest BCUT2D eigenvalue weighted by atomic mass is 10.2. The van der Waals surface area contributed by atoms with Crippen LogP contribution in [0.25, 0.3) is 0 Å². The van der Waals surface area contributed by atoms with Crippen LogP contribution in [0.5, 0.6) is 0 Å². The van der Waals surface area contributed by atoms with E-state index in [0.29, 0.717) is 26.0 Å². The average molecular weight is 504 g/mol. The number of hydrogen-bond donors (Lipinski definition) is 1. The van der Waals surface area contributed by atoms with Crippen LogP contribution < -0.4 is 5.32 Å². The average Bonchev–Trinajstić information content (AvgIpc) is 2.63. The van der Waals surface area contributed by atoms with Crippen LogP contribution in [0.15, 0.2) is 0 Å². The Hall–Kier alpha value is 0.437. The molecule has 0 heterocycles. The summed E-state index contributed by atoms with van der Waals surface area (Å²) in [5, 5.41) is 2.58. The zero-order chi connectivity index (χ0) is 24.2. The molecule has 0 aromatic carbocycles. The molecule has 0 rings (SSSR count). The maximum Gasteiger partial charge on any atom is 0.345 e. The molecular weight excluding hydrogens is 456 g/mol. The van der Waals surface area contributed by atoms with Gasteiger partial charge in [0.2, 0.25) is 0 Å². The molecule has 0 fully saturated rings. The molecule has 0 bridgehead atoms. The lowest BCUT2D eigenvalue weighted by molar-refractivity contribution is 0.193. The normalized spacial score (nSPS) is 13.9. The first-order chi connectivity index (χ1) is 14.3. The van der Waals surface area contributed by atoms with Crippen LogP contribution in [0.1, 0.15) is 61.3 Å². The van der Waals surface area contributed by atoms with Gasteiger partial charge in [0.05, 0.1) is 26.4 Å². The van der Waals surface area contributed by atoms with E-state index in [-0.39, 0.29) is 31.5 Å². The zero-order valence-corrected chi connectivity index (χ0v) is 24.0. The highest BCUT2D eigenvalue weighted by Gasteiger charge is 2.50. The van der Waals surface area contributed by atoms with Crippen molar-refractivity contribution >= 4 is 23.5 Å². The maximum atomic E-state index is 13.5. The molecule has 0 aliphatic rings. The molecule has 188 valence electrons. The molecule has 0 radical (unpaired) electrons. The van der Waals surface area contributed by atoms with Crippen LogP contribution in [0.4, 0.5) is 0 Å². The van der Waals surface area contributed by atoms with Gasteiger partial charge in [0, 0.05) is 13.2 Å². The van der Waals surface area contributed by atoms with Crippen molar-refractivity contribution < 1.29 is 31.7 Å². The molecule has 11 heteroatoms. The molecule has 0 aliphatic heterocycles. The smallest absolute Gasteiger partial charge is 0.345 e. The largest absolute Gasteiger partial charge is 0.416 e. The van der Waals surface area contributed by atoms with Gasteiger partial charge in [0.1, 0.15) is 0 Å². The Kier molecular flexibility index (Phi) is 14.9. The topological polar surface area (TPSA) is 92.3 Å². The lowest BCUT2D eigenvalue weighted by Gasteiger charge is -2.36. The maximum absolute atomic E-state index is 13.5. The molecule has 0 spiro atoms. The Morgan fingerprint density at radius 3 is 1.58 bits per heavy atom. The Morgan fingerprint density at radius 1 is 0.806 bits per heavy atom. The van der Waals surface area contributed by atoms with Crippen molar-refractivity contribution in [3.63, 3.8) is 0 Å². The monoisotopic (exact) mass is 503 g/mol. The molecule has 1 N–H and O–H groups in total. The van der Waals surface area contributed by atoms with Gasteiger partial charge in [-0.15, -0.1) is 0 Å². The van der Waals surface area contributed by atoms with E-state index in [0.717, 1.165) is 6.54 Å². The summed E-state index contributed by atoms with van der Waals surface area (Å²) in [4.78, 5) is 0. The number of rotatable bonds is 18. The van der Waals surface area contributed by atoms with Crippen molar-refractivity contribution in [3.8, 4) is 0 Å². The summed E-state index contributed by atoms with van der Waals surface area (Å²) < 4.78 is 55.1. The molecule has 0 saturated heterocycles. The summed E-state index contributed by atoms with van der Waals surface area (Å²) in [7, 11) is -9.10. The van der Waals surface area contributed by atoms with Crippen molar-refractivity contribution in [1.82, 2.24) is 5.32 Å². The minimum absolute atomic E-state index is 0.180. The molecule has 0 atom stereocenters. The van der Waals surface area contributed by atoms with Crippen LogP contribution in [0, 0.1) is 0 Å². The van der Waals surface area contributed by atoms with Crippen LogP contribution in [-0.2, 0) is 31.7 Å². The molecule has 0 aromatic heterocycles. The van der Waals surface area contributed by atoms with Gasteiger partial charge in [0.15, 0.2) is 13.7 Å². The van der Waals surface area contributed by atoms with E-state index in [2.05, 4.69) is 39.2 Å². The second-order valence-electron chi connectivity index (χ2n) is 8.73. The molecule has 0 aromatic rings. The van der Waals surface area contributed by atoms with Gasteiger partial charge in [-0.1, -0.05) is 20.8 Å². The van der Waals surface area contributed by atoms with E-state index < -0.39 is 28.9 Å². The number of hydrogen-bond acceptors (Lipinski definition) is 8.